The van der Waals surface area contributed by atoms with Gasteiger partial charge in [-0.1, -0.05) is 13.3 Å². The molecule has 0 saturated heterocycles. The number of anilines is 1. The highest BCUT2D eigenvalue weighted by Gasteiger charge is 2.26. The average Bonchev–Trinajstić information content (AvgIpc) is 2.61. The monoisotopic (exact) mass is 236 g/mol. The molecule has 1 aromatic heterocycles. The van der Waals surface area contributed by atoms with Gasteiger partial charge in [-0.05, 0) is 31.2 Å². The molecule has 0 amide bonds. The van der Waals surface area contributed by atoms with E-state index in [9.17, 15) is 4.79 Å². The highest BCUT2D eigenvalue weighted by Crippen LogP contribution is 2.27. The van der Waals surface area contributed by atoms with Gasteiger partial charge in [0.1, 0.15) is 11.8 Å². The summed E-state index contributed by atoms with van der Waals surface area (Å²) in [5.41, 5.74) is 6.77. The molecule has 0 aliphatic heterocycles. The van der Waals surface area contributed by atoms with Crippen LogP contribution in [0.1, 0.15) is 43.1 Å². The van der Waals surface area contributed by atoms with Crippen LogP contribution < -0.4 is 5.73 Å². The molecule has 0 bridgehead atoms. The number of esters is 1. The normalized spacial score (nSPS) is 24.6. The molecule has 4 nitrogen and oxygen atoms in total. The lowest BCUT2D eigenvalue weighted by molar-refractivity contribution is 0.00385. The fourth-order valence-corrected chi connectivity index (χ4v) is 2.45. The van der Waals surface area contributed by atoms with E-state index in [2.05, 4.69) is 6.92 Å². The van der Waals surface area contributed by atoms with Crippen LogP contribution in [0.3, 0.4) is 0 Å². The molecule has 17 heavy (non-hydrogen) atoms. The van der Waals surface area contributed by atoms with Crippen molar-refractivity contribution in [3.05, 3.63) is 18.0 Å². The molecular formula is C13H20N2O2. The molecule has 94 valence electrons. The summed E-state index contributed by atoms with van der Waals surface area (Å²) in [4.78, 5) is 12.0. The molecular weight excluding hydrogens is 216 g/mol. The quantitative estimate of drug-likeness (QED) is 0.802. The zero-order valence-electron chi connectivity index (χ0n) is 10.5. The van der Waals surface area contributed by atoms with E-state index >= 15 is 0 Å². The van der Waals surface area contributed by atoms with Crippen molar-refractivity contribution in [3.8, 4) is 0 Å². The van der Waals surface area contributed by atoms with Crippen molar-refractivity contribution in [3.63, 3.8) is 0 Å². The summed E-state index contributed by atoms with van der Waals surface area (Å²) in [6.45, 7) is 2.15. The van der Waals surface area contributed by atoms with Crippen LogP contribution in [0.25, 0.3) is 0 Å². The standard InChI is InChI=1S/C13H20N2O2/c1-9-5-3-4-6-12(9)17-13(16)11-7-10(14)8-15(11)2/h7-9,12H,3-6,14H2,1-2H3. The van der Waals surface area contributed by atoms with Crippen LogP contribution in [0.2, 0.25) is 0 Å². The third-order valence-electron chi connectivity index (χ3n) is 3.53. The second-order valence-electron chi connectivity index (χ2n) is 4.98. The Bertz CT molecular complexity index is 412. The summed E-state index contributed by atoms with van der Waals surface area (Å²) in [6.07, 6.45) is 6.30. The Morgan fingerprint density at radius 1 is 1.47 bits per heavy atom. The average molecular weight is 236 g/mol. The van der Waals surface area contributed by atoms with Crippen LogP contribution in [0.4, 0.5) is 5.69 Å². The van der Waals surface area contributed by atoms with Gasteiger partial charge in [-0.3, -0.25) is 0 Å². The third kappa shape index (κ3) is 2.62. The summed E-state index contributed by atoms with van der Waals surface area (Å²) >= 11 is 0. The molecule has 0 aromatic carbocycles. The fourth-order valence-electron chi connectivity index (χ4n) is 2.45. The number of carbonyl (C=O) groups excluding carboxylic acids is 1. The fraction of sp³-hybridized carbons (Fsp3) is 0.615. The molecule has 2 unspecified atom stereocenters. The second-order valence-corrected chi connectivity index (χ2v) is 4.98. The van der Waals surface area contributed by atoms with Gasteiger partial charge in [-0.25, -0.2) is 4.79 Å². The lowest BCUT2D eigenvalue weighted by Crippen LogP contribution is -2.28. The Labute approximate surface area is 102 Å². The van der Waals surface area contributed by atoms with Gasteiger partial charge in [0.2, 0.25) is 0 Å². The Hall–Kier alpha value is -1.45. The van der Waals surface area contributed by atoms with E-state index < -0.39 is 0 Å². The maximum Gasteiger partial charge on any atom is 0.355 e. The number of ether oxygens (including phenoxy) is 1. The van der Waals surface area contributed by atoms with Gasteiger partial charge in [0.25, 0.3) is 0 Å². The lowest BCUT2D eigenvalue weighted by atomic mass is 9.88. The lowest BCUT2D eigenvalue weighted by Gasteiger charge is -2.28. The Morgan fingerprint density at radius 3 is 2.76 bits per heavy atom. The predicted octanol–water partition coefficient (Wildman–Crippen LogP) is 2.34. The van der Waals surface area contributed by atoms with E-state index in [0.717, 1.165) is 19.3 Å². The first-order valence-electron chi connectivity index (χ1n) is 6.20. The van der Waals surface area contributed by atoms with Crippen molar-refractivity contribution in [2.45, 2.75) is 38.7 Å². The van der Waals surface area contributed by atoms with Crippen LogP contribution in [0.15, 0.2) is 12.3 Å². The van der Waals surface area contributed by atoms with E-state index in [1.54, 1.807) is 23.9 Å². The topological polar surface area (TPSA) is 57.2 Å². The predicted molar refractivity (Wildman–Crippen MR) is 66.7 cm³/mol. The number of hydrogen-bond acceptors (Lipinski definition) is 3. The van der Waals surface area contributed by atoms with E-state index in [1.807, 2.05) is 0 Å². The van der Waals surface area contributed by atoms with Gasteiger partial charge >= 0.3 is 5.97 Å². The van der Waals surface area contributed by atoms with Crippen LogP contribution in [-0.2, 0) is 11.8 Å². The van der Waals surface area contributed by atoms with Crippen molar-refractivity contribution in [1.82, 2.24) is 4.57 Å². The van der Waals surface area contributed by atoms with Gasteiger partial charge in [0.15, 0.2) is 0 Å². The molecule has 1 fully saturated rings. The minimum Gasteiger partial charge on any atom is -0.457 e. The highest BCUT2D eigenvalue weighted by atomic mass is 16.5. The molecule has 1 aliphatic carbocycles. The van der Waals surface area contributed by atoms with Gasteiger partial charge in [0.05, 0.1) is 5.69 Å². The number of nitrogen functional groups attached to an aromatic ring is 1. The molecule has 4 heteroatoms. The minimum absolute atomic E-state index is 0.0624. The SMILES string of the molecule is CC1CCCCC1OC(=O)c1cc(N)cn1C. The van der Waals surface area contributed by atoms with Crippen molar-refractivity contribution in [2.75, 3.05) is 5.73 Å². The summed E-state index contributed by atoms with van der Waals surface area (Å²) in [5, 5.41) is 0. The van der Waals surface area contributed by atoms with Crippen molar-refractivity contribution < 1.29 is 9.53 Å². The smallest absolute Gasteiger partial charge is 0.355 e. The molecule has 1 aromatic rings. The largest absolute Gasteiger partial charge is 0.457 e. The number of aryl methyl sites for hydroxylation is 1. The zero-order valence-corrected chi connectivity index (χ0v) is 10.5. The number of nitrogens with two attached hydrogens (primary N) is 1. The second kappa shape index (κ2) is 4.82. The first-order chi connectivity index (χ1) is 8.08. The molecule has 0 spiro atoms. The van der Waals surface area contributed by atoms with Crippen molar-refractivity contribution in [2.24, 2.45) is 13.0 Å². The highest BCUT2D eigenvalue weighted by molar-refractivity contribution is 5.89. The maximum atomic E-state index is 12.0. The summed E-state index contributed by atoms with van der Waals surface area (Å²) in [7, 11) is 1.80. The summed E-state index contributed by atoms with van der Waals surface area (Å²) in [6, 6.07) is 1.66. The Morgan fingerprint density at radius 2 is 2.18 bits per heavy atom. The van der Waals surface area contributed by atoms with Crippen molar-refractivity contribution >= 4 is 11.7 Å². The molecule has 1 heterocycles. The molecule has 1 aliphatic rings. The van der Waals surface area contributed by atoms with Crippen LogP contribution in [-0.4, -0.2) is 16.6 Å². The first kappa shape index (κ1) is 12.0. The van der Waals surface area contributed by atoms with Crippen LogP contribution in [0.5, 0.6) is 0 Å². The van der Waals surface area contributed by atoms with Crippen LogP contribution >= 0.6 is 0 Å². The van der Waals surface area contributed by atoms with Gasteiger partial charge < -0.3 is 15.0 Å². The Balaban J connectivity index is 2.03. The van der Waals surface area contributed by atoms with E-state index in [-0.39, 0.29) is 12.1 Å². The van der Waals surface area contributed by atoms with Gasteiger partial charge in [0, 0.05) is 13.2 Å². The Kier molecular flexibility index (Phi) is 3.41. The van der Waals surface area contributed by atoms with E-state index in [4.69, 9.17) is 10.5 Å². The number of carbonyl (C=O) groups is 1. The third-order valence-corrected chi connectivity index (χ3v) is 3.53. The first-order valence-corrected chi connectivity index (χ1v) is 6.20. The maximum absolute atomic E-state index is 12.0. The van der Waals surface area contributed by atoms with Gasteiger partial charge in [-0.2, -0.15) is 0 Å². The minimum atomic E-state index is -0.261. The number of rotatable bonds is 2. The molecule has 2 atom stereocenters. The molecule has 2 rings (SSSR count). The molecule has 1 saturated carbocycles. The van der Waals surface area contributed by atoms with Gasteiger partial charge in [-0.15, -0.1) is 0 Å². The zero-order chi connectivity index (χ0) is 12.4. The van der Waals surface area contributed by atoms with E-state index in [1.165, 1.54) is 6.42 Å². The van der Waals surface area contributed by atoms with Crippen molar-refractivity contribution in [1.29, 1.82) is 0 Å². The number of nitrogens with zero attached hydrogens (tertiary/aromatic N) is 1. The number of hydrogen-bond donors (Lipinski definition) is 1. The number of aromatic nitrogens is 1. The summed E-state index contributed by atoms with van der Waals surface area (Å²) < 4.78 is 7.28. The molecule has 2 N–H and O–H groups in total. The van der Waals surface area contributed by atoms with Crippen LogP contribution in [0, 0.1) is 5.92 Å². The van der Waals surface area contributed by atoms with E-state index in [0.29, 0.717) is 17.3 Å². The molecule has 0 radical (unpaired) electrons. The summed E-state index contributed by atoms with van der Waals surface area (Å²) in [5.74, 6) is 0.202.